The summed E-state index contributed by atoms with van der Waals surface area (Å²) in [6.45, 7) is 2.01. The molecular formula is C20H21FN4OS. The fourth-order valence-corrected chi connectivity index (χ4v) is 3.49. The van der Waals surface area contributed by atoms with Crippen molar-refractivity contribution in [3.8, 4) is 5.69 Å². The topological polar surface area (TPSA) is 51.0 Å². The first-order valence-electron chi connectivity index (χ1n) is 8.63. The van der Waals surface area contributed by atoms with Crippen molar-refractivity contribution >= 4 is 17.7 Å². The maximum Gasteiger partial charge on any atom is 0.223 e. The smallest absolute Gasteiger partial charge is 0.223 e. The average molecular weight is 384 g/mol. The first-order chi connectivity index (χ1) is 13.0. The summed E-state index contributed by atoms with van der Waals surface area (Å²) < 4.78 is 14.6. The van der Waals surface area contributed by atoms with Gasteiger partial charge in [-0.15, -0.1) is 11.8 Å². The second kappa shape index (κ2) is 8.81. The molecule has 3 rings (SSSR count). The minimum atomic E-state index is -0.251. The zero-order valence-corrected chi connectivity index (χ0v) is 16.1. The van der Waals surface area contributed by atoms with Gasteiger partial charge in [-0.1, -0.05) is 12.1 Å². The molecule has 0 fully saturated rings. The number of carbonyl (C=O) groups excluding carboxylic acids is 1. The molecule has 0 saturated heterocycles. The Morgan fingerprint density at radius 2 is 1.89 bits per heavy atom. The highest BCUT2D eigenvalue weighted by atomic mass is 32.2. The molecule has 0 saturated carbocycles. The van der Waals surface area contributed by atoms with Crippen molar-refractivity contribution in [3.63, 3.8) is 0 Å². The lowest BCUT2D eigenvalue weighted by atomic mass is 10.1. The van der Waals surface area contributed by atoms with Gasteiger partial charge in [-0.05, 0) is 48.9 Å². The van der Waals surface area contributed by atoms with Crippen LogP contribution in [0, 0.1) is 5.82 Å². The Morgan fingerprint density at radius 3 is 2.52 bits per heavy atom. The van der Waals surface area contributed by atoms with E-state index in [0.29, 0.717) is 12.2 Å². The molecule has 0 aliphatic carbocycles. The standard InChI is InChI=1S/C20H21FN4OS/c1-15(16-3-7-18(8-4-16)25-14-22-13-23-25)24(2)20(26)11-12-27-19-9-5-17(21)6-10-19/h3-10,13-15H,11-12H2,1-2H3. The number of benzene rings is 2. The summed E-state index contributed by atoms with van der Waals surface area (Å²) in [4.78, 5) is 19.1. The summed E-state index contributed by atoms with van der Waals surface area (Å²) in [5.74, 6) is 0.489. The molecular weight excluding hydrogens is 363 g/mol. The van der Waals surface area contributed by atoms with Crippen LogP contribution in [0.4, 0.5) is 4.39 Å². The highest BCUT2D eigenvalue weighted by molar-refractivity contribution is 7.99. The van der Waals surface area contributed by atoms with E-state index in [2.05, 4.69) is 10.1 Å². The lowest BCUT2D eigenvalue weighted by Gasteiger charge is -2.25. The van der Waals surface area contributed by atoms with Gasteiger partial charge in [-0.2, -0.15) is 5.10 Å². The summed E-state index contributed by atoms with van der Waals surface area (Å²) in [6.07, 6.45) is 3.57. The van der Waals surface area contributed by atoms with E-state index in [0.717, 1.165) is 16.1 Å². The number of aromatic nitrogens is 3. The maximum absolute atomic E-state index is 12.9. The Kier molecular flexibility index (Phi) is 6.24. The van der Waals surface area contributed by atoms with Gasteiger partial charge in [-0.3, -0.25) is 4.79 Å². The number of nitrogens with zero attached hydrogens (tertiary/aromatic N) is 4. The van der Waals surface area contributed by atoms with Crippen LogP contribution in [-0.2, 0) is 4.79 Å². The Morgan fingerprint density at radius 1 is 1.19 bits per heavy atom. The van der Waals surface area contributed by atoms with Gasteiger partial charge in [0.15, 0.2) is 0 Å². The highest BCUT2D eigenvalue weighted by Gasteiger charge is 2.17. The van der Waals surface area contributed by atoms with Crippen LogP contribution in [0.5, 0.6) is 0 Å². The third kappa shape index (κ3) is 4.95. The van der Waals surface area contributed by atoms with Crippen LogP contribution in [0.3, 0.4) is 0 Å². The van der Waals surface area contributed by atoms with Crippen LogP contribution in [0.1, 0.15) is 24.9 Å². The van der Waals surface area contributed by atoms with Crippen molar-refractivity contribution in [2.75, 3.05) is 12.8 Å². The van der Waals surface area contributed by atoms with Gasteiger partial charge in [0.1, 0.15) is 18.5 Å². The van der Waals surface area contributed by atoms with Crippen LogP contribution in [0.2, 0.25) is 0 Å². The first-order valence-corrected chi connectivity index (χ1v) is 9.62. The van der Waals surface area contributed by atoms with Gasteiger partial charge in [-0.25, -0.2) is 14.1 Å². The SMILES string of the molecule is CC(c1ccc(-n2cncn2)cc1)N(C)C(=O)CCSc1ccc(F)cc1. The number of thioether (sulfide) groups is 1. The highest BCUT2D eigenvalue weighted by Crippen LogP contribution is 2.23. The molecule has 1 heterocycles. The molecule has 2 aromatic carbocycles. The van der Waals surface area contributed by atoms with Crippen LogP contribution >= 0.6 is 11.8 Å². The molecule has 27 heavy (non-hydrogen) atoms. The van der Waals surface area contributed by atoms with Crippen LogP contribution in [0.25, 0.3) is 5.69 Å². The average Bonchev–Trinajstić information content (AvgIpc) is 3.23. The third-order valence-electron chi connectivity index (χ3n) is 4.43. The fraction of sp³-hybridized carbons (Fsp3) is 0.250. The Balaban J connectivity index is 1.53. The van der Waals surface area contributed by atoms with Gasteiger partial charge in [0.05, 0.1) is 11.7 Å². The van der Waals surface area contributed by atoms with Crippen molar-refractivity contribution < 1.29 is 9.18 Å². The minimum Gasteiger partial charge on any atom is -0.339 e. The fourth-order valence-electron chi connectivity index (χ4n) is 2.65. The van der Waals surface area contributed by atoms with E-state index in [-0.39, 0.29) is 17.8 Å². The number of hydrogen-bond acceptors (Lipinski definition) is 4. The van der Waals surface area contributed by atoms with E-state index in [9.17, 15) is 9.18 Å². The van der Waals surface area contributed by atoms with Crippen molar-refractivity contribution in [3.05, 3.63) is 72.6 Å². The molecule has 7 heteroatoms. The molecule has 0 spiro atoms. The number of halogens is 1. The quantitative estimate of drug-likeness (QED) is 0.575. The number of hydrogen-bond donors (Lipinski definition) is 0. The molecule has 1 atom stereocenters. The van der Waals surface area contributed by atoms with Crippen LogP contribution < -0.4 is 0 Å². The van der Waals surface area contributed by atoms with Crippen LogP contribution in [0.15, 0.2) is 66.1 Å². The first kappa shape index (κ1) is 19.1. The van der Waals surface area contributed by atoms with Crippen molar-refractivity contribution in [1.82, 2.24) is 19.7 Å². The number of amides is 1. The van der Waals surface area contributed by atoms with Gasteiger partial charge in [0.2, 0.25) is 5.91 Å². The number of carbonyl (C=O) groups is 1. The Hall–Kier alpha value is -2.67. The predicted octanol–water partition coefficient (Wildman–Crippen LogP) is 4.11. The maximum atomic E-state index is 12.9. The number of rotatable bonds is 7. The molecule has 0 aliphatic rings. The second-order valence-electron chi connectivity index (χ2n) is 6.16. The summed E-state index contributed by atoms with van der Waals surface area (Å²) in [7, 11) is 1.82. The van der Waals surface area contributed by atoms with Gasteiger partial charge in [0, 0.05) is 24.1 Å². The predicted molar refractivity (Wildman–Crippen MR) is 104 cm³/mol. The molecule has 0 N–H and O–H groups in total. The Labute approximate surface area is 162 Å². The molecule has 1 amide bonds. The molecule has 0 bridgehead atoms. The van der Waals surface area contributed by atoms with Crippen molar-refractivity contribution in [1.29, 1.82) is 0 Å². The zero-order chi connectivity index (χ0) is 19.2. The molecule has 0 radical (unpaired) electrons. The molecule has 5 nitrogen and oxygen atoms in total. The van der Waals surface area contributed by atoms with Crippen LogP contribution in [-0.4, -0.2) is 38.4 Å². The molecule has 1 aromatic heterocycles. The summed E-state index contributed by atoms with van der Waals surface area (Å²) >= 11 is 1.55. The van der Waals surface area contributed by atoms with Gasteiger partial charge in [0.25, 0.3) is 0 Å². The lowest BCUT2D eigenvalue weighted by molar-refractivity contribution is -0.131. The molecule has 1 unspecified atom stereocenters. The molecule has 140 valence electrons. The third-order valence-corrected chi connectivity index (χ3v) is 5.45. The van der Waals surface area contributed by atoms with Crippen molar-refractivity contribution in [2.24, 2.45) is 0 Å². The second-order valence-corrected chi connectivity index (χ2v) is 7.33. The lowest BCUT2D eigenvalue weighted by Crippen LogP contribution is -2.29. The summed E-state index contributed by atoms with van der Waals surface area (Å²) in [5, 5.41) is 4.11. The summed E-state index contributed by atoms with van der Waals surface area (Å²) in [5.41, 5.74) is 1.98. The van der Waals surface area contributed by atoms with E-state index >= 15 is 0 Å². The van der Waals surface area contributed by atoms with E-state index in [1.54, 1.807) is 39.8 Å². The van der Waals surface area contributed by atoms with E-state index < -0.39 is 0 Å². The zero-order valence-electron chi connectivity index (χ0n) is 15.2. The van der Waals surface area contributed by atoms with Gasteiger partial charge < -0.3 is 4.90 Å². The van der Waals surface area contributed by atoms with E-state index in [1.165, 1.54) is 18.5 Å². The summed E-state index contributed by atoms with van der Waals surface area (Å²) in [6, 6.07) is 14.2. The molecule has 3 aromatic rings. The monoisotopic (exact) mass is 384 g/mol. The minimum absolute atomic E-state index is 0.0295. The Bertz CT molecular complexity index is 866. The normalized spacial score (nSPS) is 12.0. The largest absolute Gasteiger partial charge is 0.339 e. The molecule has 0 aliphatic heterocycles. The van der Waals surface area contributed by atoms with E-state index in [4.69, 9.17) is 0 Å². The van der Waals surface area contributed by atoms with Crippen molar-refractivity contribution in [2.45, 2.75) is 24.3 Å². The van der Waals surface area contributed by atoms with Gasteiger partial charge >= 0.3 is 0 Å². The van der Waals surface area contributed by atoms with E-state index in [1.807, 2.05) is 38.2 Å².